The fourth-order valence-electron chi connectivity index (χ4n) is 2.42. The summed E-state index contributed by atoms with van der Waals surface area (Å²) in [5.74, 6) is 0.0746. The first-order chi connectivity index (χ1) is 12.0. The van der Waals surface area contributed by atoms with Gasteiger partial charge in [-0.1, -0.05) is 12.1 Å². The van der Waals surface area contributed by atoms with Crippen LogP contribution in [0.4, 0.5) is 4.39 Å². The number of methoxy groups -OCH3 is 2. The van der Waals surface area contributed by atoms with Crippen molar-refractivity contribution in [2.24, 2.45) is 0 Å². The van der Waals surface area contributed by atoms with E-state index in [1.54, 1.807) is 12.1 Å². The normalized spacial score (nSPS) is 15.7. The molecule has 0 saturated carbocycles. The average molecular weight is 362 g/mol. The molecule has 0 aliphatic carbocycles. The number of hydrogen-bond acceptors (Lipinski definition) is 5. The summed E-state index contributed by atoms with van der Waals surface area (Å²) in [6, 6.07) is 7.46. The standard InChI is InChI=1S/C18H15FO5S/c1-22-15-6-4-11(7-13(15)19)3-5-14(20)12-8-17-18(9-16(12)23-2)25(21)10-24-17/h3-9H,10H2,1-2H3. The van der Waals surface area contributed by atoms with E-state index in [-0.39, 0.29) is 23.0 Å². The van der Waals surface area contributed by atoms with E-state index in [4.69, 9.17) is 14.2 Å². The number of fused-ring (bicyclic) bond motifs is 1. The van der Waals surface area contributed by atoms with Gasteiger partial charge in [-0.3, -0.25) is 9.00 Å². The fourth-order valence-corrected chi connectivity index (χ4v) is 3.36. The lowest BCUT2D eigenvalue weighted by Crippen LogP contribution is -2.00. The number of rotatable bonds is 5. The van der Waals surface area contributed by atoms with Gasteiger partial charge in [0.15, 0.2) is 23.3 Å². The van der Waals surface area contributed by atoms with Crippen LogP contribution in [0.1, 0.15) is 15.9 Å². The van der Waals surface area contributed by atoms with Crippen molar-refractivity contribution in [3.63, 3.8) is 0 Å². The summed E-state index contributed by atoms with van der Waals surface area (Å²) in [6.45, 7) is 0. The van der Waals surface area contributed by atoms with Gasteiger partial charge in [0, 0.05) is 6.07 Å². The SMILES string of the molecule is COc1ccc(C=CC(=O)c2cc3c(cc2OC)S(=O)CO3)cc1F. The Morgan fingerprint density at radius 1 is 1.20 bits per heavy atom. The van der Waals surface area contributed by atoms with Gasteiger partial charge in [0.25, 0.3) is 0 Å². The second-order valence-corrected chi connectivity index (χ2v) is 6.57. The molecule has 7 heteroatoms. The Kier molecular flexibility index (Phi) is 4.85. The van der Waals surface area contributed by atoms with E-state index in [2.05, 4.69) is 0 Å². The van der Waals surface area contributed by atoms with E-state index >= 15 is 0 Å². The van der Waals surface area contributed by atoms with E-state index in [1.165, 1.54) is 44.6 Å². The van der Waals surface area contributed by atoms with E-state index in [0.717, 1.165) is 0 Å². The highest BCUT2D eigenvalue weighted by Gasteiger charge is 2.24. The van der Waals surface area contributed by atoms with E-state index in [1.807, 2.05) is 0 Å². The molecule has 1 aliphatic heterocycles. The summed E-state index contributed by atoms with van der Waals surface area (Å²) < 4.78 is 40.9. The number of benzene rings is 2. The van der Waals surface area contributed by atoms with Gasteiger partial charge in [-0.2, -0.15) is 0 Å². The van der Waals surface area contributed by atoms with E-state index < -0.39 is 16.6 Å². The molecular weight excluding hydrogens is 347 g/mol. The third-order valence-corrected chi connectivity index (χ3v) is 4.84. The van der Waals surface area contributed by atoms with Crippen molar-refractivity contribution in [2.75, 3.05) is 20.2 Å². The summed E-state index contributed by atoms with van der Waals surface area (Å²) in [6.07, 6.45) is 2.81. The van der Waals surface area contributed by atoms with Gasteiger partial charge in [-0.05, 0) is 29.8 Å². The molecule has 0 fully saturated rings. The van der Waals surface area contributed by atoms with E-state index in [0.29, 0.717) is 22.0 Å². The minimum Gasteiger partial charge on any atom is -0.496 e. The number of allylic oxidation sites excluding steroid dienone is 1. The van der Waals surface area contributed by atoms with Gasteiger partial charge in [0.05, 0.1) is 35.5 Å². The van der Waals surface area contributed by atoms with Crippen LogP contribution in [0.15, 0.2) is 41.3 Å². The van der Waals surface area contributed by atoms with Crippen molar-refractivity contribution < 1.29 is 27.6 Å². The summed E-state index contributed by atoms with van der Waals surface area (Å²) >= 11 is 0. The van der Waals surface area contributed by atoms with Crippen molar-refractivity contribution in [2.45, 2.75) is 4.90 Å². The monoisotopic (exact) mass is 362 g/mol. The largest absolute Gasteiger partial charge is 0.496 e. The van der Waals surface area contributed by atoms with Gasteiger partial charge in [-0.15, -0.1) is 0 Å². The molecule has 1 atom stereocenters. The van der Waals surface area contributed by atoms with Crippen LogP contribution in [0.2, 0.25) is 0 Å². The zero-order valence-corrected chi connectivity index (χ0v) is 14.4. The maximum absolute atomic E-state index is 13.7. The molecule has 0 N–H and O–H groups in total. The second kappa shape index (κ2) is 7.06. The first-order valence-electron chi connectivity index (χ1n) is 7.32. The molecule has 0 aromatic heterocycles. The molecule has 0 amide bonds. The molecule has 2 aromatic carbocycles. The van der Waals surface area contributed by atoms with Gasteiger partial charge >= 0.3 is 0 Å². The molecule has 1 heterocycles. The summed E-state index contributed by atoms with van der Waals surface area (Å²) in [4.78, 5) is 13.0. The minimum atomic E-state index is -1.26. The van der Waals surface area contributed by atoms with Gasteiger partial charge in [-0.25, -0.2) is 4.39 Å². The Morgan fingerprint density at radius 3 is 2.64 bits per heavy atom. The highest BCUT2D eigenvalue weighted by Crippen LogP contribution is 2.35. The predicted octanol–water partition coefficient (Wildman–Crippen LogP) is 3.20. The highest BCUT2D eigenvalue weighted by molar-refractivity contribution is 7.85. The van der Waals surface area contributed by atoms with Crippen molar-refractivity contribution in [3.8, 4) is 17.2 Å². The maximum Gasteiger partial charge on any atom is 0.189 e. The van der Waals surface area contributed by atoms with Crippen molar-refractivity contribution >= 4 is 22.7 Å². The molecule has 3 rings (SSSR count). The minimum absolute atomic E-state index is 0.0666. The Morgan fingerprint density at radius 2 is 1.96 bits per heavy atom. The number of ether oxygens (including phenoxy) is 3. The number of carbonyl (C=O) groups excluding carboxylic acids is 1. The summed E-state index contributed by atoms with van der Waals surface area (Å²) in [7, 11) is 1.56. The lowest BCUT2D eigenvalue weighted by molar-refractivity contribution is 0.104. The molecule has 0 spiro atoms. The molecule has 25 heavy (non-hydrogen) atoms. The second-order valence-electron chi connectivity index (χ2n) is 5.20. The molecule has 0 radical (unpaired) electrons. The molecule has 0 bridgehead atoms. The molecular formula is C18H15FO5S. The van der Waals surface area contributed by atoms with Crippen LogP contribution < -0.4 is 14.2 Å². The average Bonchev–Trinajstić information content (AvgIpc) is 2.99. The number of hydrogen-bond donors (Lipinski definition) is 0. The van der Waals surface area contributed by atoms with Crippen LogP contribution in [0.5, 0.6) is 17.2 Å². The fraction of sp³-hybridized carbons (Fsp3) is 0.167. The van der Waals surface area contributed by atoms with E-state index in [9.17, 15) is 13.4 Å². The topological polar surface area (TPSA) is 61.8 Å². The first kappa shape index (κ1) is 17.2. The number of halogens is 1. The van der Waals surface area contributed by atoms with Crippen LogP contribution in [-0.2, 0) is 10.8 Å². The molecule has 1 unspecified atom stereocenters. The van der Waals surface area contributed by atoms with Gasteiger partial charge in [0.2, 0.25) is 0 Å². The lowest BCUT2D eigenvalue weighted by atomic mass is 10.1. The molecule has 5 nitrogen and oxygen atoms in total. The van der Waals surface area contributed by atoms with Crippen molar-refractivity contribution in [1.82, 2.24) is 0 Å². The third kappa shape index (κ3) is 3.41. The Bertz CT molecular complexity index is 891. The summed E-state index contributed by atoms with van der Waals surface area (Å²) in [5, 5.41) is 0. The lowest BCUT2D eigenvalue weighted by Gasteiger charge is -2.08. The van der Waals surface area contributed by atoms with Crippen LogP contribution >= 0.6 is 0 Å². The Hall–Kier alpha value is -2.67. The quantitative estimate of drug-likeness (QED) is 0.604. The number of ketones is 1. The van der Waals surface area contributed by atoms with Gasteiger partial charge < -0.3 is 14.2 Å². The first-order valence-corrected chi connectivity index (χ1v) is 8.64. The molecule has 2 aromatic rings. The highest BCUT2D eigenvalue weighted by atomic mass is 32.2. The molecule has 130 valence electrons. The Balaban J connectivity index is 1.88. The predicted molar refractivity (Wildman–Crippen MR) is 91.2 cm³/mol. The van der Waals surface area contributed by atoms with Crippen molar-refractivity contribution in [3.05, 3.63) is 53.4 Å². The van der Waals surface area contributed by atoms with Crippen LogP contribution in [0.25, 0.3) is 6.08 Å². The van der Waals surface area contributed by atoms with Crippen LogP contribution in [0, 0.1) is 5.82 Å². The zero-order chi connectivity index (χ0) is 18.0. The summed E-state index contributed by atoms with van der Waals surface area (Å²) in [5.41, 5.74) is 0.800. The van der Waals surface area contributed by atoms with Crippen LogP contribution in [-0.4, -0.2) is 30.2 Å². The van der Waals surface area contributed by atoms with Crippen LogP contribution in [0.3, 0.4) is 0 Å². The Labute approximate surface area is 146 Å². The maximum atomic E-state index is 13.7. The molecule has 1 aliphatic rings. The smallest absolute Gasteiger partial charge is 0.189 e. The third-order valence-electron chi connectivity index (χ3n) is 3.70. The van der Waals surface area contributed by atoms with Crippen molar-refractivity contribution in [1.29, 1.82) is 0 Å². The molecule has 0 saturated heterocycles. The number of carbonyl (C=O) groups is 1. The van der Waals surface area contributed by atoms with Gasteiger partial charge in [0.1, 0.15) is 11.5 Å². The zero-order valence-electron chi connectivity index (χ0n) is 13.6.